The van der Waals surface area contributed by atoms with E-state index in [-0.39, 0.29) is 6.04 Å². The first-order valence-electron chi connectivity index (χ1n) is 8.08. The maximum Gasteiger partial charge on any atom is 0.188 e. The Labute approximate surface area is 142 Å². The smallest absolute Gasteiger partial charge is 0.188 e. The van der Waals surface area contributed by atoms with E-state index in [1.807, 2.05) is 12.1 Å². The van der Waals surface area contributed by atoms with E-state index in [2.05, 4.69) is 46.6 Å². The molecule has 2 rings (SSSR count). The van der Waals surface area contributed by atoms with Gasteiger partial charge in [-0.15, -0.1) is 11.3 Å². The zero-order valence-corrected chi connectivity index (χ0v) is 14.7. The molecule has 1 atom stereocenters. The van der Waals surface area contributed by atoms with Crippen LogP contribution in [0.2, 0.25) is 0 Å². The third-order valence-corrected chi connectivity index (χ3v) is 4.75. The van der Waals surface area contributed by atoms with Gasteiger partial charge in [-0.25, -0.2) is 0 Å². The summed E-state index contributed by atoms with van der Waals surface area (Å²) in [6.07, 6.45) is 2.67. The fraction of sp³-hybridized carbons (Fsp3) is 0.471. The molecule has 126 valence electrons. The topological polar surface area (TPSA) is 66.8 Å². The molecular formula is C17H26N4OS. The van der Waals surface area contributed by atoms with E-state index in [1.54, 1.807) is 17.6 Å². The summed E-state index contributed by atoms with van der Waals surface area (Å²) in [6, 6.07) is 8.23. The molecule has 0 aromatic carbocycles. The van der Waals surface area contributed by atoms with E-state index in [9.17, 15) is 0 Å². The van der Waals surface area contributed by atoms with Gasteiger partial charge in [0.05, 0.1) is 18.8 Å². The van der Waals surface area contributed by atoms with Crippen molar-refractivity contribution in [2.75, 3.05) is 26.2 Å². The molecule has 23 heavy (non-hydrogen) atoms. The summed E-state index contributed by atoms with van der Waals surface area (Å²) in [6.45, 7) is 7.57. The second-order valence-electron chi connectivity index (χ2n) is 5.23. The van der Waals surface area contributed by atoms with Crippen LogP contribution in [-0.4, -0.2) is 37.0 Å². The number of rotatable bonds is 9. The monoisotopic (exact) mass is 334 g/mol. The van der Waals surface area contributed by atoms with Crippen LogP contribution in [0.25, 0.3) is 0 Å². The second-order valence-corrected chi connectivity index (χ2v) is 6.27. The number of aliphatic imine (C=N–C) groups is 1. The van der Waals surface area contributed by atoms with Gasteiger partial charge in [-0.1, -0.05) is 19.9 Å². The van der Waals surface area contributed by atoms with Crippen LogP contribution in [0.3, 0.4) is 0 Å². The minimum absolute atomic E-state index is 0.123. The molecule has 0 bridgehead atoms. The van der Waals surface area contributed by atoms with Crippen molar-refractivity contribution < 1.29 is 4.42 Å². The molecule has 0 aliphatic carbocycles. The second kappa shape index (κ2) is 9.37. The highest BCUT2D eigenvalue weighted by molar-refractivity contribution is 7.09. The maximum absolute atomic E-state index is 5.99. The summed E-state index contributed by atoms with van der Waals surface area (Å²) in [5.41, 5.74) is 5.99. The van der Waals surface area contributed by atoms with Crippen LogP contribution in [0.4, 0.5) is 0 Å². The van der Waals surface area contributed by atoms with Crippen molar-refractivity contribution in [2.45, 2.75) is 26.3 Å². The van der Waals surface area contributed by atoms with Crippen LogP contribution in [-0.2, 0) is 6.42 Å². The van der Waals surface area contributed by atoms with Gasteiger partial charge in [0, 0.05) is 11.4 Å². The summed E-state index contributed by atoms with van der Waals surface area (Å²) >= 11 is 1.76. The zero-order valence-electron chi connectivity index (χ0n) is 13.9. The largest absolute Gasteiger partial charge is 0.468 e. The molecule has 0 saturated heterocycles. The standard InChI is InChI=1S/C17H26N4OS/c1-3-21(4-2)15(16-8-5-11-22-16)13-20-17(18)19-10-9-14-7-6-12-23-14/h5-8,11-12,15H,3-4,9-10,13H2,1-2H3,(H3,18,19,20). The van der Waals surface area contributed by atoms with Crippen LogP contribution in [0.1, 0.15) is 30.5 Å². The first-order valence-corrected chi connectivity index (χ1v) is 8.96. The number of likely N-dealkylation sites (N-methyl/N-ethyl adjacent to an activating group) is 1. The average molecular weight is 334 g/mol. The lowest BCUT2D eigenvalue weighted by molar-refractivity contribution is 0.198. The number of hydrogen-bond donors (Lipinski definition) is 2. The third kappa shape index (κ3) is 5.41. The van der Waals surface area contributed by atoms with E-state index in [4.69, 9.17) is 10.2 Å². The van der Waals surface area contributed by atoms with Crippen molar-refractivity contribution >= 4 is 17.3 Å². The molecule has 0 spiro atoms. The molecule has 0 aliphatic heterocycles. The number of furan rings is 1. The fourth-order valence-corrected chi connectivity index (χ4v) is 3.25. The van der Waals surface area contributed by atoms with E-state index in [0.717, 1.165) is 31.8 Å². The minimum atomic E-state index is 0.123. The fourth-order valence-electron chi connectivity index (χ4n) is 2.54. The Morgan fingerprint density at radius 2 is 2.17 bits per heavy atom. The summed E-state index contributed by atoms with van der Waals surface area (Å²) in [5.74, 6) is 1.43. The molecule has 6 heteroatoms. The molecule has 1 unspecified atom stereocenters. The van der Waals surface area contributed by atoms with Crippen molar-refractivity contribution in [1.29, 1.82) is 0 Å². The normalized spacial score (nSPS) is 13.4. The predicted molar refractivity (Wildman–Crippen MR) is 96.9 cm³/mol. The SMILES string of the molecule is CCN(CC)C(CN=C(N)NCCc1cccs1)c1ccco1. The summed E-state index contributed by atoms with van der Waals surface area (Å²) < 4.78 is 5.57. The molecule has 0 saturated carbocycles. The molecule has 3 N–H and O–H groups in total. The molecular weight excluding hydrogens is 308 g/mol. The van der Waals surface area contributed by atoms with Crippen molar-refractivity contribution in [1.82, 2.24) is 10.2 Å². The molecule has 2 aromatic rings. The lowest BCUT2D eigenvalue weighted by atomic mass is 10.2. The summed E-state index contributed by atoms with van der Waals surface area (Å²) in [7, 11) is 0. The van der Waals surface area contributed by atoms with Crippen LogP contribution in [0, 0.1) is 0 Å². The van der Waals surface area contributed by atoms with Gasteiger partial charge in [-0.2, -0.15) is 0 Å². The Balaban J connectivity index is 1.88. The van der Waals surface area contributed by atoms with Gasteiger partial charge in [-0.05, 0) is 43.1 Å². The van der Waals surface area contributed by atoms with Crippen molar-refractivity contribution in [3.8, 4) is 0 Å². The van der Waals surface area contributed by atoms with Gasteiger partial charge in [-0.3, -0.25) is 9.89 Å². The Kier molecular flexibility index (Phi) is 7.16. The number of nitrogens with one attached hydrogen (secondary N) is 1. The van der Waals surface area contributed by atoms with E-state index >= 15 is 0 Å². The summed E-state index contributed by atoms with van der Waals surface area (Å²) in [5, 5.41) is 5.27. The molecule has 2 heterocycles. The highest BCUT2D eigenvalue weighted by Gasteiger charge is 2.20. The Morgan fingerprint density at radius 1 is 1.35 bits per heavy atom. The highest BCUT2D eigenvalue weighted by atomic mass is 32.1. The first-order chi connectivity index (χ1) is 11.2. The van der Waals surface area contributed by atoms with Gasteiger partial charge in [0.1, 0.15) is 5.76 Å². The highest BCUT2D eigenvalue weighted by Crippen LogP contribution is 2.21. The predicted octanol–water partition coefficient (Wildman–Crippen LogP) is 2.87. The number of nitrogens with zero attached hydrogens (tertiary/aromatic N) is 2. The molecule has 2 aromatic heterocycles. The van der Waals surface area contributed by atoms with Crippen molar-refractivity contribution in [3.63, 3.8) is 0 Å². The maximum atomic E-state index is 5.99. The lowest BCUT2D eigenvalue weighted by Gasteiger charge is -2.26. The van der Waals surface area contributed by atoms with E-state index < -0.39 is 0 Å². The number of hydrogen-bond acceptors (Lipinski definition) is 4. The van der Waals surface area contributed by atoms with E-state index in [1.165, 1.54) is 4.88 Å². The molecule has 0 fully saturated rings. The quantitative estimate of drug-likeness (QED) is 0.547. The van der Waals surface area contributed by atoms with Gasteiger partial charge in [0.15, 0.2) is 5.96 Å². The van der Waals surface area contributed by atoms with Gasteiger partial charge in [0.25, 0.3) is 0 Å². The molecule has 5 nitrogen and oxygen atoms in total. The van der Waals surface area contributed by atoms with Crippen molar-refractivity contribution in [2.24, 2.45) is 10.7 Å². The zero-order chi connectivity index (χ0) is 16.5. The van der Waals surface area contributed by atoms with Gasteiger partial charge < -0.3 is 15.5 Å². The van der Waals surface area contributed by atoms with Crippen molar-refractivity contribution in [3.05, 3.63) is 46.5 Å². The summed E-state index contributed by atoms with van der Waals surface area (Å²) in [4.78, 5) is 8.17. The number of guanidine groups is 1. The third-order valence-electron chi connectivity index (χ3n) is 3.82. The van der Waals surface area contributed by atoms with Gasteiger partial charge >= 0.3 is 0 Å². The lowest BCUT2D eigenvalue weighted by Crippen LogP contribution is -2.35. The van der Waals surface area contributed by atoms with E-state index in [0.29, 0.717) is 12.5 Å². The Hall–Kier alpha value is -1.79. The number of thiophene rings is 1. The van der Waals surface area contributed by atoms with Crippen LogP contribution < -0.4 is 11.1 Å². The van der Waals surface area contributed by atoms with Gasteiger partial charge in [0.2, 0.25) is 0 Å². The number of nitrogens with two attached hydrogens (primary N) is 1. The molecule has 0 amide bonds. The molecule has 0 radical (unpaired) electrons. The van der Waals surface area contributed by atoms with Crippen LogP contribution in [0.5, 0.6) is 0 Å². The average Bonchev–Trinajstić information content (AvgIpc) is 3.24. The van der Waals surface area contributed by atoms with Crippen LogP contribution >= 0.6 is 11.3 Å². The molecule has 0 aliphatic rings. The van der Waals surface area contributed by atoms with Crippen LogP contribution in [0.15, 0.2) is 45.3 Å². The Bertz CT molecular complexity index is 561. The Morgan fingerprint density at radius 3 is 2.78 bits per heavy atom. The first kappa shape index (κ1) is 17.6. The minimum Gasteiger partial charge on any atom is -0.468 e.